The number of nitrogens with zero attached hydrogens (tertiary/aromatic N) is 1. The average Bonchev–Trinajstić information content (AvgIpc) is 2.94. The number of hydrogen-bond acceptors (Lipinski definition) is 2. The number of amides is 1. The summed E-state index contributed by atoms with van der Waals surface area (Å²) in [6.07, 6.45) is 7.49. The Morgan fingerprint density at radius 1 is 1.42 bits per heavy atom. The molecule has 2 N–H and O–H groups in total. The quantitative estimate of drug-likeness (QED) is 0.856. The molecule has 0 aliphatic heterocycles. The zero-order chi connectivity index (χ0) is 13.7. The van der Waals surface area contributed by atoms with E-state index in [-0.39, 0.29) is 17.9 Å². The molecule has 1 fully saturated rings. The highest BCUT2D eigenvalue weighted by atomic mass is 16.3. The second-order valence-electron chi connectivity index (χ2n) is 5.58. The molecule has 19 heavy (non-hydrogen) atoms. The SMILES string of the molecule is CCn1cccc1C(=O)NCC1(CO)CCCCC1. The van der Waals surface area contributed by atoms with Crippen LogP contribution >= 0.6 is 0 Å². The maximum Gasteiger partial charge on any atom is 0.267 e. The van der Waals surface area contributed by atoms with E-state index in [9.17, 15) is 9.90 Å². The number of nitrogens with one attached hydrogen (secondary N) is 1. The number of aliphatic hydroxyl groups excluding tert-OH is 1. The van der Waals surface area contributed by atoms with Gasteiger partial charge < -0.3 is 15.0 Å². The lowest BCUT2D eigenvalue weighted by atomic mass is 9.74. The molecule has 1 aromatic heterocycles. The van der Waals surface area contributed by atoms with Crippen molar-refractivity contribution >= 4 is 5.91 Å². The van der Waals surface area contributed by atoms with E-state index in [0.717, 1.165) is 32.2 Å². The number of hydrogen-bond donors (Lipinski definition) is 2. The van der Waals surface area contributed by atoms with Gasteiger partial charge in [0, 0.05) is 24.7 Å². The van der Waals surface area contributed by atoms with E-state index >= 15 is 0 Å². The summed E-state index contributed by atoms with van der Waals surface area (Å²) < 4.78 is 1.93. The van der Waals surface area contributed by atoms with Crippen LogP contribution in [0.1, 0.15) is 49.5 Å². The van der Waals surface area contributed by atoms with Crippen molar-refractivity contribution in [2.75, 3.05) is 13.2 Å². The summed E-state index contributed by atoms with van der Waals surface area (Å²) in [5.41, 5.74) is 0.601. The van der Waals surface area contributed by atoms with Crippen LogP contribution in [0.3, 0.4) is 0 Å². The van der Waals surface area contributed by atoms with Gasteiger partial charge in [-0.25, -0.2) is 0 Å². The van der Waals surface area contributed by atoms with Gasteiger partial charge in [0.05, 0.1) is 6.61 Å². The van der Waals surface area contributed by atoms with E-state index in [1.807, 2.05) is 29.8 Å². The first-order valence-electron chi connectivity index (χ1n) is 7.25. The number of aliphatic hydroxyl groups is 1. The number of rotatable bonds is 5. The Labute approximate surface area is 114 Å². The van der Waals surface area contributed by atoms with Gasteiger partial charge >= 0.3 is 0 Å². The molecule has 0 spiro atoms. The van der Waals surface area contributed by atoms with E-state index in [0.29, 0.717) is 12.2 Å². The van der Waals surface area contributed by atoms with E-state index in [1.165, 1.54) is 6.42 Å². The normalized spacial score (nSPS) is 18.2. The van der Waals surface area contributed by atoms with Gasteiger partial charge in [0.15, 0.2) is 0 Å². The van der Waals surface area contributed by atoms with Crippen LogP contribution in [0, 0.1) is 5.41 Å². The Bertz CT molecular complexity index is 420. The van der Waals surface area contributed by atoms with Crippen molar-refractivity contribution in [3.8, 4) is 0 Å². The predicted octanol–water partition coefficient (Wildman–Crippen LogP) is 2.18. The predicted molar refractivity (Wildman–Crippen MR) is 75.0 cm³/mol. The molecule has 1 aliphatic rings. The standard InChI is InChI=1S/C15H24N2O2/c1-2-17-10-6-7-13(17)14(19)16-11-15(12-18)8-4-3-5-9-15/h6-7,10,18H,2-5,8-9,11-12H2,1H3,(H,16,19). The van der Waals surface area contributed by atoms with Crippen LogP contribution in [-0.2, 0) is 6.54 Å². The average molecular weight is 264 g/mol. The maximum absolute atomic E-state index is 12.2. The van der Waals surface area contributed by atoms with Gasteiger partial charge in [0.2, 0.25) is 0 Å². The molecule has 1 saturated carbocycles. The summed E-state index contributed by atoms with van der Waals surface area (Å²) >= 11 is 0. The number of carbonyl (C=O) groups excluding carboxylic acids is 1. The van der Waals surface area contributed by atoms with Crippen molar-refractivity contribution < 1.29 is 9.90 Å². The van der Waals surface area contributed by atoms with Gasteiger partial charge in [0.1, 0.15) is 5.69 Å². The maximum atomic E-state index is 12.2. The topological polar surface area (TPSA) is 54.3 Å². The van der Waals surface area contributed by atoms with Crippen LogP contribution in [0.5, 0.6) is 0 Å². The number of aromatic nitrogens is 1. The molecule has 0 radical (unpaired) electrons. The van der Waals surface area contributed by atoms with Crippen LogP contribution < -0.4 is 5.32 Å². The zero-order valence-electron chi connectivity index (χ0n) is 11.7. The third-order valence-corrected chi connectivity index (χ3v) is 4.28. The minimum Gasteiger partial charge on any atom is -0.396 e. The fourth-order valence-electron chi connectivity index (χ4n) is 2.95. The molecule has 1 aliphatic carbocycles. The van der Waals surface area contributed by atoms with Gasteiger partial charge in [-0.15, -0.1) is 0 Å². The highest BCUT2D eigenvalue weighted by Crippen LogP contribution is 2.35. The van der Waals surface area contributed by atoms with Gasteiger partial charge in [-0.05, 0) is 31.9 Å². The third kappa shape index (κ3) is 3.18. The molecule has 1 aromatic rings. The Morgan fingerprint density at radius 2 is 2.16 bits per heavy atom. The first-order chi connectivity index (χ1) is 9.21. The van der Waals surface area contributed by atoms with Crippen LogP contribution in [0.25, 0.3) is 0 Å². The molecule has 0 unspecified atom stereocenters. The van der Waals surface area contributed by atoms with Gasteiger partial charge in [-0.1, -0.05) is 19.3 Å². The second-order valence-corrected chi connectivity index (χ2v) is 5.58. The molecule has 1 heterocycles. The molecular formula is C15H24N2O2. The Kier molecular flexibility index (Phi) is 4.64. The van der Waals surface area contributed by atoms with Crippen molar-refractivity contribution in [1.82, 2.24) is 9.88 Å². The number of aryl methyl sites for hydroxylation is 1. The molecular weight excluding hydrogens is 240 g/mol. The zero-order valence-corrected chi connectivity index (χ0v) is 11.7. The lowest BCUT2D eigenvalue weighted by Crippen LogP contribution is -2.41. The Morgan fingerprint density at radius 3 is 2.79 bits per heavy atom. The minimum absolute atomic E-state index is 0.0368. The monoisotopic (exact) mass is 264 g/mol. The summed E-state index contributed by atoms with van der Waals surface area (Å²) in [7, 11) is 0. The van der Waals surface area contributed by atoms with Crippen molar-refractivity contribution in [2.45, 2.75) is 45.6 Å². The summed E-state index contributed by atoms with van der Waals surface area (Å²) in [5.74, 6) is -0.0368. The molecule has 2 rings (SSSR count). The minimum atomic E-state index is -0.0997. The van der Waals surface area contributed by atoms with Crippen molar-refractivity contribution in [1.29, 1.82) is 0 Å². The number of carbonyl (C=O) groups is 1. The largest absolute Gasteiger partial charge is 0.396 e. The van der Waals surface area contributed by atoms with Crippen LogP contribution in [0.15, 0.2) is 18.3 Å². The van der Waals surface area contributed by atoms with E-state index < -0.39 is 0 Å². The van der Waals surface area contributed by atoms with Crippen LogP contribution in [0.2, 0.25) is 0 Å². The second kappa shape index (κ2) is 6.24. The molecule has 4 heteroatoms. The molecule has 0 atom stereocenters. The summed E-state index contributed by atoms with van der Waals surface area (Å²) in [5, 5.41) is 12.6. The molecule has 0 aromatic carbocycles. The van der Waals surface area contributed by atoms with E-state index in [4.69, 9.17) is 0 Å². The van der Waals surface area contributed by atoms with E-state index in [2.05, 4.69) is 5.32 Å². The fourth-order valence-corrected chi connectivity index (χ4v) is 2.95. The lowest BCUT2D eigenvalue weighted by molar-refractivity contribution is 0.0713. The lowest BCUT2D eigenvalue weighted by Gasteiger charge is -2.35. The van der Waals surface area contributed by atoms with Crippen molar-refractivity contribution in [3.05, 3.63) is 24.0 Å². The smallest absolute Gasteiger partial charge is 0.267 e. The summed E-state index contributed by atoms with van der Waals surface area (Å²) in [6.45, 7) is 3.56. The van der Waals surface area contributed by atoms with Gasteiger partial charge in [-0.2, -0.15) is 0 Å². The highest BCUT2D eigenvalue weighted by Gasteiger charge is 2.31. The highest BCUT2D eigenvalue weighted by molar-refractivity contribution is 5.92. The van der Waals surface area contributed by atoms with Crippen LogP contribution in [0.4, 0.5) is 0 Å². The van der Waals surface area contributed by atoms with Gasteiger partial charge in [-0.3, -0.25) is 4.79 Å². The summed E-state index contributed by atoms with van der Waals surface area (Å²) in [4.78, 5) is 12.2. The first kappa shape index (κ1) is 14.1. The fraction of sp³-hybridized carbons (Fsp3) is 0.667. The summed E-state index contributed by atoms with van der Waals surface area (Å²) in [6, 6.07) is 3.73. The molecule has 0 bridgehead atoms. The van der Waals surface area contributed by atoms with Crippen molar-refractivity contribution in [3.63, 3.8) is 0 Å². The first-order valence-corrected chi connectivity index (χ1v) is 7.25. The Balaban J connectivity index is 1.95. The van der Waals surface area contributed by atoms with Gasteiger partial charge in [0.25, 0.3) is 5.91 Å². The van der Waals surface area contributed by atoms with Crippen LogP contribution in [-0.4, -0.2) is 28.7 Å². The van der Waals surface area contributed by atoms with Crippen molar-refractivity contribution in [2.24, 2.45) is 5.41 Å². The third-order valence-electron chi connectivity index (χ3n) is 4.28. The molecule has 1 amide bonds. The molecule has 0 saturated heterocycles. The molecule has 4 nitrogen and oxygen atoms in total. The molecule has 106 valence electrons. The Hall–Kier alpha value is -1.29. The van der Waals surface area contributed by atoms with E-state index in [1.54, 1.807) is 0 Å².